The van der Waals surface area contributed by atoms with Gasteiger partial charge in [-0.2, -0.15) is 0 Å². The molecule has 1 aliphatic rings. The average Bonchev–Trinajstić information content (AvgIpc) is 3.06. The second-order valence-corrected chi connectivity index (χ2v) is 5.83. The summed E-state index contributed by atoms with van der Waals surface area (Å²) < 4.78 is 10.9. The predicted molar refractivity (Wildman–Crippen MR) is 89.0 cm³/mol. The summed E-state index contributed by atoms with van der Waals surface area (Å²) in [5.41, 5.74) is 1.56. The van der Waals surface area contributed by atoms with Crippen LogP contribution in [0.15, 0.2) is 29.0 Å². The van der Waals surface area contributed by atoms with Crippen molar-refractivity contribution < 1.29 is 13.9 Å². The summed E-state index contributed by atoms with van der Waals surface area (Å²) in [5.74, 6) is 1.26. The quantitative estimate of drug-likeness (QED) is 0.902. The van der Waals surface area contributed by atoms with Crippen molar-refractivity contribution >= 4 is 11.7 Å². The molecule has 0 unspecified atom stereocenters. The monoisotopic (exact) mass is 330 g/mol. The van der Waals surface area contributed by atoms with Gasteiger partial charge < -0.3 is 19.4 Å². The third-order valence-electron chi connectivity index (χ3n) is 4.10. The molecule has 24 heavy (non-hydrogen) atoms. The molecule has 7 heteroatoms. The van der Waals surface area contributed by atoms with Crippen LogP contribution in [-0.4, -0.2) is 53.6 Å². The first-order valence-corrected chi connectivity index (χ1v) is 8.11. The smallest absolute Gasteiger partial charge is 0.275 e. The number of rotatable bonds is 5. The number of pyridine rings is 1. The van der Waals surface area contributed by atoms with Gasteiger partial charge in [-0.3, -0.25) is 4.79 Å². The van der Waals surface area contributed by atoms with E-state index in [-0.39, 0.29) is 12.0 Å². The van der Waals surface area contributed by atoms with E-state index in [1.807, 2.05) is 19.2 Å². The van der Waals surface area contributed by atoms with Crippen molar-refractivity contribution in [3.8, 4) is 0 Å². The Bertz CT molecular complexity index is 701. The zero-order valence-corrected chi connectivity index (χ0v) is 14.0. The fourth-order valence-electron chi connectivity index (χ4n) is 2.80. The van der Waals surface area contributed by atoms with Crippen molar-refractivity contribution in [3.63, 3.8) is 0 Å². The summed E-state index contributed by atoms with van der Waals surface area (Å²) in [5, 5.41) is 3.04. The summed E-state index contributed by atoms with van der Waals surface area (Å²) in [4.78, 5) is 22.6. The number of carbonyl (C=O) groups is 1. The first kappa shape index (κ1) is 16.4. The second kappa shape index (κ2) is 7.44. The van der Waals surface area contributed by atoms with Gasteiger partial charge in [0.2, 0.25) is 0 Å². The van der Waals surface area contributed by atoms with Crippen LogP contribution in [0.2, 0.25) is 0 Å². The molecule has 0 bridgehead atoms. The maximum atomic E-state index is 12.4. The molecule has 7 nitrogen and oxygen atoms in total. The van der Waals surface area contributed by atoms with Gasteiger partial charge >= 0.3 is 0 Å². The summed E-state index contributed by atoms with van der Waals surface area (Å²) in [6, 6.07) is 4.04. The number of nitrogens with zero attached hydrogens (tertiary/aromatic N) is 3. The first-order chi connectivity index (χ1) is 11.7. The van der Waals surface area contributed by atoms with E-state index in [1.54, 1.807) is 18.0 Å². The number of amides is 1. The highest BCUT2D eigenvalue weighted by molar-refractivity contribution is 5.92. The SMILES string of the molecule is CNc1cc(CC[C@H]2CN(C(=O)c3coc(C)n3)CCO2)ccn1. The molecular weight excluding hydrogens is 308 g/mol. The molecule has 1 amide bonds. The molecule has 0 radical (unpaired) electrons. The molecule has 0 aliphatic carbocycles. The minimum atomic E-state index is -0.0958. The van der Waals surface area contributed by atoms with Crippen LogP contribution < -0.4 is 5.32 Å². The minimum absolute atomic E-state index is 0.0295. The first-order valence-electron chi connectivity index (χ1n) is 8.11. The minimum Gasteiger partial charge on any atom is -0.448 e. The Hall–Kier alpha value is -2.41. The van der Waals surface area contributed by atoms with Gasteiger partial charge in [0, 0.05) is 33.3 Å². The van der Waals surface area contributed by atoms with Crippen LogP contribution in [0, 0.1) is 6.92 Å². The van der Waals surface area contributed by atoms with Crippen molar-refractivity contribution in [2.24, 2.45) is 0 Å². The van der Waals surface area contributed by atoms with Crippen molar-refractivity contribution in [2.75, 3.05) is 32.1 Å². The van der Waals surface area contributed by atoms with E-state index in [2.05, 4.69) is 15.3 Å². The molecule has 128 valence electrons. The Morgan fingerprint density at radius 3 is 3.12 bits per heavy atom. The summed E-state index contributed by atoms with van der Waals surface area (Å²) in [6.07, 6.45) is 4.98. The molecule has 0 spiro atoms. The van der Waals surface area contributed by atoms with Crippen molar-refractivity contribution in [1.29, 1.82) is 0 Å². The van der Waals surface area contributed by atoms with Crippen LogP contribution in [0.5, 0.6) is 0 Å². The Kier molecular flexibility index (Phi) is 5.10. The Morgan fingerprint density at radius 1 is 1.50 bits per heavy atom. The average molecular weight is 330 g/mol. The predicted octanol–water partition coefficient (Wildman–Crippen LogP) is 1.89. The van der Waals surface area contributed by atoms with Crippen LogP contribution in [0.4, 0.5) is 5.82 Å². The van der Waals surface area contributed by atoms with Crippen LogP contribution in [0.25, 0.3) is 0 Å². The van der Waals surface area contributed by atoms with E-state index in [0.29, 0.717) is 31.3 Å². The summed E-state index contributed by atoms with van der Waals surface area (Å²) in [6.45, 7) is 3.44. The van der Waals surface area contributed by atoms with Crippen molar-refractivity contribution in [1.82, 2.24) is 14.9 Å². The number of anilines is 1. The maximum Gasteiger partial charge on any atom is 0.275 e. The van der Waals surface area contributed by atoms with Crippen LogP contribution in [0.1, 0.15) is 28.4 Å². The van der Waals surface area contributed by atoms with Crippen molar-refractivity contribution in [3.05, 3.63) is 41.7 Å². The third-order valence-corrected chi connectivity index (χ3v) is 4.10. The molecule has 1 atom stereocenters. The van der Waals surface area contributed by atoms with Gasteiger partial charge in [-0.1, -0.05) is 0 Å². The Balaban J connectivity index is 1.56. The van der Waals surface area contributed by atoms with E-state index in [9.17, 15) is 4.79 Å². The number of nitrogens with one attached hydrogen (secondary N) is 1. The zero-order valence-electron chi connectivity index (χ0n) is 14.0. The molecule has 1 saturated heterocycles. The molecular formula is C17H22N4O3. The second-order valence-electron chi connectivity index (χ2n) is 5.83. The normalized spacial score (nSPS) is 17.8. The van der Waals surface area contributed by atoms with Gasteiger partial charge in [0.25, 0.3) is 5.91 Å². The Morgan fingerprint density at radius 2 is 2.38 bits per heavy atom. The number of carbonyl (C=O) groups excluding carboxylic acids is 1. The maximum absolute atomic E-state index is 12.4. The molecule has 0 saturated carbocycles. The lowest BCUT2D eigenvalue weighted by Gasteiger charge is -2.32. The van der Waals surface area contributed by atoms with E-state index >= 15 is 0 Å². The summed E-state index contributed by atoms with van der Waals surface area (Å²) in [7, 11) is 1.85. The fourth-order valence-corrected chi connectivity index (χ4v) is 2.80. The third kappa shape index (κ3) is 3.91. The Labute approximate surface area is 141 Å². The lowest BCUT2D eigenvalue weighted by Crippen LogP contribution is -2.45. The fraction of sp³-hybridized carbons (Fsp3) is 0.471. The highest BCUT2D eigenvalue weighted by Gasteiger charge is 2.26. The topological polar surface area (TPSA) is 80.5 Å². The van der Waals surface area contributed by atoms with E-state index in [1.165, 1.54) is 11.8 Å². The number of hydrogen-bond donors (Lipinski definition) is 1. The standard InChI is InChI=1S/C17H22N4O3/c1-12-20-15(11-24-12)17(22)21-7-8-23-14(10-21)4-3-13-5-6-19-16(9-13)18-2/h5-6,9,11,14H,3-4,7-8,10H2,1-2H3,(H,18,19)/t14-/m0/s1. The molecule has 1 fully saturated rings. The lowest BCUT2D eigenvalue weighted by atomic mass is 10.1. The van der Waals surface area contributed by atoms with Gasteiger partial charge in [-0.25, -0.2) is 9.97 Å². The van der Waals surface area contributed by atoms with E-state index < -0.39 is 0 Å². The largest absolute Gasteiger partial charge is 0.448 e. The molecule has 3 rings (SSSR count). The number of aryl methyl sites for hydroxylation is 2. The lowest BCUT2D eigenvalue weighted by molar-refractivity contribution is -0.0247. The molecule has 3 heterocycles. The number of aromatic nitrogens is 2. The number of hydrogen-bond acceptors (Lipinski definition) is 6. The van der Waals surface area contributed by atoms with Crippen LogP contribution in [-0.2, 0) is 11.2 Å². The van der Waals surface area contributed by atoms with Gasteiger partial charge in [-0.05, 0) is 30.5 Å². The zero-order chi connectivity index (χ0) is 16.9. The van der Waals surface area contributed by atoms with Crippen molar-refractivity contribution in [2.45, 2.75) is 25.9 Å². The van der Waals surface area contributed by atoms with Gasteiger partial charge in [0.15, 0.2) is 11.6 Å². The molecule has 2 aromatic rings. The highest BCUT2D eigenvalue weighted by Crippen LogP contribution is 2.16. The van der Waals surface area contributed by atoms with Crippen LogP contribution >= 0.6 is 0 Å². The molecule has 2 aromatic heterocycles. The summed E-state index contributed by atoms with van der Waals surface area (Å²) >= 11 is 0. The number of ether oxygens (including phenoxy) is 1. The molecule has 1 aliphatic heterocycles. The van der Waals surface area contributed by atoms with Gasteiger partial charge in [-0.15, -0.1) is 0 Å². The highest BCUT2D eigenvalue weighted by atomic mass is 16.5. The van der Waals surface area contributed by atoms with E-state index in [0.717, 1.165) is 18.7 Å². The van der Waals surface area contributed by atoms with Gasteiger partial charge in [0.1, 0.15) is 12.1 Å². The molecule has 0 aromatic carbocycles. The molecule has 1 N–H and O–H groups in total. The number of morpholine rings is 1. The van der Waals surface area contributed by atoms with Gasteiger partial charge in [0.05, 0.1) is 12.7 Å². The number of oxazole rings is 1. The van der Waals surface area contributed by atoms with Crippen LogP contribution in [0.3, 0.4) is 0 Å². The van der Waals surface area contributed by atoms with E-state index in [4.69, 9.17) is 9.15 Å².